The zero-order valence-electron chi connectivity index (χ0n) is 13.7. The third kappa shape index (κ3) is 17.3. The van der Waals surface area contributed by atoms with Crippen LogP contribution in [0.5, 0.6) is 0 Å². The Labute approximate surface area is 139 Å². The van der Waals surface area contributed by atoms with Crippen LogP contribution < -0.4 is 5.32 Å². The van der Waals surface area contributed by atoms with Gasteiger partial charge in [0.25, 0.3) is 0 Å². The van der Waals surface area contributed by atoms with Crippen LogP contribution in [0.4, 0.5) is 4.79 Å². The van der Waals surface area contributed by atoms with Gasteiger partial charge in [0.05, 0.1) is 19.8 Å². The average molecular weight is 336 g/mol. The molecule has 130 valence electrons. The van der Waals surface area contributed by atoms with E-state index < -0.39 is 6.09 Å². The van der Waals surface area contributed by atoms with Crippen LogP contribution in [0.1, 0.15) is 39.0 Å². The summed E-state index contributed by atoms with van der Waals surface area (Å²) in [5, 5.41) is 2.62. The number of unbranched alkanes of at least 4 members (excludes halogenated alkanes) is 3. The minimum Gasteiger partial charge on any atom is -0.445 e. The van der Waals surface area contributed by atoms with Crippen molar-refractivity contribution in [3.8, 4) is 0 Å². The number of alkyl halides is 1. The fraction of sp³-hybridized carbons (Fsp3) is 0.812. The second-order valence-electron chi connectivity index (χ2n) is 4.73. The average Bonchev–Trinajstić information content (AvgIpc) is 2.52. The number of hydrogen-bond donors (Lipinski definition) is 1. The van der Waals surface area contributed by atoms with Crippen LogP contribution in [0.25, 0.3) is 0 Å². The van der Waals surface area contributed by atoms with Gasteiger partial charge in [0, 0.05) is 19.0 Å². The molecule has 0 heterocycles. The van der Waals surface area contributed by atoms with E-state index in [-0.39, 0.29) is 0 Å². The molecular formula is C16H30ClNO4. The van der Waals surface area contributed by atoms with Gasteiger partial charge >= 0.3 is 6.09 Å². The lowest BCUT2D eigenvalue weighted by Gasteiger charge is -2.07. The Hall–Kier alpha value is -0.780. The molecule has 0 aromatic carbocycles. The zero-order chi connectivity index (χ0) is 16.3. The van der Waals surface area contributed by atoms with Crippen molar-refractivity contribution >= 4 is 17.7 Å². The Kier molecular flexibility index (Phi) is 17.6. The summed E-state index contributed by atoms with van der Waals surface area (Å²) >= 11 is 5.60. The number of halogens is 1. The summed E-state index contributed by atoms with van der Waals surface area (Å²) < 4.78 is 15.7. The summed E-state index contributed by atoms with van der Waals surface area (Å²) in [6.07, 6.45) is 8.77. The third-order valence-corrected chi connectivity index (χ3v) is 3.04. The van der Waals surface area contributed by atoms with E-state index in [9.17, 15) is 4.79 Å². The first-order valence-electron chi connectivity index (χ1n) is 8.08. The Bertz CT molecular complexity index is 275. The summed E-state index contributed by atoms with van der Waals surface area (Å²) in [5.74, 6) is 0.742. The molecule has 5 nitrogen and oxygen atoms in total. The van der Waals surface area contributed by atoms with Gasteiger partial charge in [-0.3, -0.25) is 0 Å². The SMILES string of the molecule is CC/C=C\COC(=O)NCCOCCOCCCCCCCl. The smallest absolute Gasteiger partial charge is 0.407 e. The van der Waals surface area contributed by atoms with E-state index in [4.69, 9.17) is 25.8 Å². The highest BCUT2D eigenvalue weighted by Gasteiger charge is 1.98. The number of alkyl carbamates (subject to hydrolysis) is 1. The highest BCUT2D eigenvalue weighted by atomic mass is 35.5. The van der Waals surface area contributed by atoms with Crippen molar-refractivity contribution in [2.45, 2.75) is 39.0 Å². The summed E-state index contributed by atoms with van der Waals surface area (Å²) in [6, 6.07) is 0. The molecule has 0 atom stereocenters. The molecule has 0 aliphatic heterocycles. The molecule has 0 rings (SSSR count). The fourth-order valence-electron chi connectivity index (χ4n) is 1.61. The summed E-state index contributed by atoms with van der Waals surface area (Å²) in [7, 11) is 0. The Balaban J connectivity index is 3.13. The second-order valence-corrected chi connectivity index (χ2v) is 5.11. The topological polar surface area (TPSA) is 56.8 Å². The van der Waals surface area contributed by atoms with Crippen molar-refractivity contribution in [2.75, 3.05) is 45.5 Å². The maximum atomic E-state index is 11.2. The van der Waals surface area contributed by atoms with Gasteiger partial charge in [0.1, 0.15) is 6.61 Å². The van der Waals surface area contributed by atoms with Gasteiger partial charge in [-0.15, -0.1) is 11.6 Å². The van der Waals surface area contributed by atoms with E-state index in [1.165, 1.54) is 6.42 Å². The van der Waals surface area contributed by atoms with Crippen molar-refractivity contribution in [1.29, 1.82) is 0 Å². The quantitative estimate of drug-likeness (QED) is 0.283. The third-order valence-electron chi connectivity index (χ3n) is 2.77. The first kappa shape index (κ1) is 21.2. The summed E-state index contributed by atoms with van der Waals surface area (Å²) in [6.45, 7) is 5.12. The van der Waals surface area contributed by atoms with Crippen molar-refractivity contribution in [3.63, 3.8) is 0 Å². The highest BCUT2D eigenvalue weighted by molar-refractivity contribution is 6.17. The van der Waals surface area contributed by atoms with Crippen LogP contribution in [0.3, 0.4) is 0 Å². The normalized spacial score (nSPS) is 11.0. The number of carbonyl (C=O) groups is 1. The molecule has 22 heavy (non-hydrogen) atoms. The van der Waals surface area contributed by atoms with Crippen LogP contribution in [-0.2, 0) is 14.2 Å². The molecule has 0 unspecified atom stereocenters. The first-order chi connectivity index (χ1) is 10.8. The molecule has 0 aliphatic rings. The fourth-order valence-corrected chi connectivity index (χ4v) is 1.80. The van der Waals surface area contributed by atoms with Crippen LogP contribution in [0.2, 0.25) is 0 Å². The van der Waals surface area contributed by atoms with Gasteiger partial charge in [0.2, 0.25) is 0 Å². The lowest BCUT2D eigenvalue weighted by Crippen LogP contribution is -2.28. The molecule has 0 aliphatic carbocycles. The lowest BCUT2D eigenvalue weighted by atomic mass is 10.2. The van der Waals surface area contributed by atoms with Crippen molar-refractivity contribution in [1.82, 2.24) is 5.32 Å². The number of carbonyl (C=O) groups excluding carboxylic acids is 1. The van der Waals surface area contributed by atoms with Crippen molar-refractivity contribution in [3.05, 3.63) is 12.2 Å². The largest absolute Gasteiger partial charge is 0.445 e. The predicted molar refractivity (Wildman–Crippen MR) is 89.6 cm³/mol. The maximum absolute atomic E-state index is 11.2. The maximum Gasteiger partial charge on any atom is 0.407 e. The van der Waals surface area contributed by atoms with Crippen LogP contribution in [-0.4, -0.2) is 51.6 Å². The molecule has 0 fully saturated rings. The van der Waals surface area contributed by atoms with Crippen LogP contribution in [0, 0.1) is 0 Å². The van der Waals surface area contributed by atoms with Crippen molar-refractivity contribution in [2.24, 2.45) is 0 Å². The molecule has 1 N–H and O–H groups in total. The number of rotatable bonds is 15. The summed E-state index contributed by atoms with van der Waals surface area (Å²) in [4.78, 5) is 11.2. The van der Waals surface area contributed by atoms with Gasteiger partial charge in [-0.25, -0.2) is 4.79 Å². The molecule has 0 aromatic heterocycles. The highest BCUT2D eigenvalue weighted by Crippen LogP contribution is 2.00. The molecule has 0 radical (unpaired) electrons. The first-order valence-corrected chi connectivity index (χ1v) is 8.61. The van der Waals surface area contributed by atoms with E-state index in [0.29, 0.717) is 33.0 Å². The molecule has 0 saturated carbocycles. The molecule has 0 aromatic rings. The number of amides is 1. The van der Waals surface area contributed by atoms with Crippen molar-refractivity contribution < 1.29 is 19.0 Å². The van der Waals surface area contributed by atoms with E-state index >= 15 is 0 Å². The predicted octanol–water partition coefficient (Wildman–Crippen LogP) is 3.51. The minimum atomic E-state index is -0.419. The van der Waals surface area contributed by atoms with E-state index in [1.807, 2.05) is 19.1 Å². The molecule has 1 amide bonds. The standard InChI is InChI=1S/C16H30ClNO4/c1-2-3-7-12-22-16(19)18-10-13-21-15-14-20-11-8-5-4-6-9-17/h3,7H,2,4-6,8-15H2,1H3,(H,18,19)/b7-3-. The van der Waals surface area contributed by atoms with Gasteiger partial charge < -0.3 is 19.5 Å². The van der Waals surface area contributed by atoms with Gasteiger partial charge in [-0.05, 0) is 19.3 Å². The van der Waals surface area contributed by atoms with E-state index in [1.54, 1.807) is 0 Å². The number of allylic oxidation sites excluding steroid dienone is 1. The van der Waals surface area contributed by atoms with Gasteiger partial charge in [-0.1, -0.05) is 31.9 Å². The number of nitrogens with one attached hydrogen (secondary N) is 1. The lowest BCUT2D eigenvalue weighted by molar-refractivity contribution is 0.0470. The number of ether oxygens (including phenoxy) is 3. The van der Waals surface area contributed by atoms with Gasteiger partial charge in [0.15, 0.2) is 0 Å². The van der Waals surface area contributed by atoms with Crippen LogP contribution in [0.15, 0.2) is 12.2 Å². The molecule has 0 saturated heterocycles. The van der Waals surface area contributed by atoms with Crippen LogP contribution >= 0.6 is 11.6 Å². The minimum absolute atomic E-state index is 0.305. The Morgan fingerprint density at radius 3 is 2.45 bits per heavy atom. The number of hydrogen-bond acceptors (Lipinski definition) is 4. The molecular weight excluding hydrogens is 306 g/mol. The Morgan fingerprint density at radius 2 is 1.73 bits per heavy atom. The van der Waals surface area contributed by atoms with Gasteiger partial charge in [-0.2, -0.15) is 0 Å². The van der Waals surface area contributed by atoms with E-state index in [0.717, 1.165) is 38.2 Å². The molecule has 6 heteroatoms. The second kappa shape index (κ2) is 18.3. The monoisotopic (exact) mass is 335 g/mol. The zero-order valence-corrected chi connectivity index (χ0v) is 14.4. The molecule has 0 bridgehead atoms. The summed E-state index contributed by atoms with van der Waals surface area (Å²) in [5.41, 5.74) is 0. The Morgan fingerprint density at radius 1 is 1.00 bits per heavy atom. The van der Waals surface area contributed by atoms with E-state index in [2.05, 4.69) is 5.32 Å². The molecule has 0 spiro atoms.